The first-order chi connectivity index (χ1) is 17.0. The fourth-order valence-electron chi connectivity index (χ4n) is 3.35. The van der Waals surface area contributed by atoms with Gasteiger partial charge >= 0.3 is 0 Å². The van der Waals surface area contributed by atoms with Crippen molar-refractivity contribution in [2.75, 3.05) is 17.1 Å². The highest BCUT2D eigenvalue weighted by Gasteiger charge is 2.23. The summed E-state index contributed by atoms with van der Waals surface area (Å²) in [6, 6.07) is 4.64. The molecule has 36 heavy (non-hydrogen) atoms. The summed E-state index contributed by atoms with van der Waals surface area (Å²) in [7, 11) is -1.49. The highest BCUT2D eigenvalue weighted by molar-refractivity contribution is 7.92. The van der Waals surface area contributed by atoms with E-state index in [2.05, 4.69) is 30.0 Å². The zero-order valence-electron chi connectivity index (χ0n) is 19.6. The molecule has 0 radical (unpaired) electrons. The van der Waals surface area contributed by atoms with E-state index in [9.17, 15) is 17.6 Å². The fraction of sp³-hybridized carbons (Fsp3) is 0.227. The van der Waals surface area contributed by atoms with Gasteiger partial charge in [-0.2, -0.15) is 4.98 Å². The molecule has 0 bridgehead atoms. The van der Waals surface area contributed by atoms with Crippen molar-refractivity contribution >= 4 is 44.4 Å². The number of rotatable bonds is 7. The van der Waals surface area contributed by atoms with Gasteiger partial charge in [0.05, 0.1) is 18.3 Å². The van der Waals surface area contributed by atoms with E-state index in [1.807, 2.05) is 13.8 Å². The molecule has 0 unspecified atom stereocenters. The summed E-state index contributed by atoms with van der Waals surface area (Å²) in [4.78, 5) is 29.4. The molecule has 0 saturated heterocycles. The lowest BCUT2D eigenvalue weighted by Crippen LogP contribution is -2.23. The number of hydrogen-bond donors (Lipinski definition) is 2. The van der Waals surface area contributed by atoms with Crippen LogP contribution in [0.4, 0.5) is 16.0 Å². The van der Waals surface area contributed by atoms with Crippen LogP contribution in [0.5, 0.6) is 5.88 Å². The summed E-state index contributed by atoms with van der Waals surface area (Å²) in [5, 5.41) is 3.12. The van der Waals surface area contributed by atoms with Gasteiger partial charge in [-0.1, -0.05) is 11.6 Å². The maximum absolute atomic E-state index is 14.8. The number of methoxy groups -OCH3 is 1. The minimum atomic E-state index is -4.23. The van der Waals surface area contributed by atoms with Crippen molar-refractivity contribution in [2.45, 2.75) is 24.8 Å². The van der Waals surface area contributed by atoms with Gasteiger partial charge < -0.3 is 10.1 Å². The van der Waals surface area contributed by atoms with Crippen LogP contribution in [-0.4, -0.2) is 46.1 Å². The summed E-state index contributed by atoms with van der Waals surface area (Å²) in [5.41, 5.74) is -0.598. The normalized spacial score (nSPS) is 11.6. The SMILES string of the molecule is COc1ncc(Cl)cc1S(=O)(=O)Nc1ccc(F)c(-c2nc3cnc(NC(C)C)nc3n(C)c2=O)c1. The number of sulfonamides is 1. The highest BCUT2D eigenvalue weighted by Crippen LogP contribution is 2.29. The number of ether oxygens (including phenoxy) is 1. The molecule has 11 nitrogen and oxygen atoms in total. The van der Waals surface area contributed by atoms with Crippen LogP contribution in [0.25, 0.3) is 22.4 Å². The number of hydrogen-bond acceptors (Lipinski definition) is 9. The number of nitrogens with one attached hydrogen (secondary N) is 2. The quantitative estimate of drug-likeness (QED) is 0.366. The molecule has 0 amide bonds. The maximum atomic E-state index is 14.8. The second kappa shape index (κ2) is 9.66. The van der Waals surface area contributed by atoms with Crippen LogP contribution in [-0.2, 0) is 17.1 Å². The van der Waals surface area contributed by atoms with Crippen LogP contribution >= 0.6 is 11.6 Å². The third-order valence-electron chi connectivity index (χ3n) is 4.97. The Hall–Kier alpha value is -3.84. The van der Waals surface area contributed by atoms with Gasteiger partial charge in [0.25, 0.3) is 15.6 Å². The number of fused-ring (bicyclic) bond motifs is 1. The minimum absolute atomic E-state index is 0.0230. The van der Waals surface area contributed by atoms with Crippen LogP contribution < -0.4 is 20.3 Å². The second-order valence-electron chi connectivity index (χ2n) is 7.99. The van der Waals surface area contributed by atoms with E-state index in [-0.39, 0.29) is 49.9 Å². The largest absolute Gasteiger partial charge is 0.480 e. The Morgan fingerprint density at radius 3 is 2.58 bits per heavy atom. The fourth-order valence-corrected chi connectivity index (χ4v) is 4.77. The predicted octanol–water partition coefficient (Wildman–Crippen LogP) is 3.21. The first-order valence-electron chi connectivity index (χ1n) is 10.5. The molecule has 0 aliphatic carbocycles. The molecule has 1 aromatic carbocycles. The molecule has 4 rings (SSSR count). The molecule has 0 atom stereocenters. The smallest absolute Gasteiger partial charge is 0.278 e. The molecule has 188 valence electrons. The highest BCUT2D eigenvalue weighted by atomic mass is 35.5. The van der Waals surface area contributed by atoms with Gasteiger partial charge in [0, 0.05) is 30.5 Å². The average Bonchev–Trinajstić information content (AvgIpc) is 2.82. The number of aryl methyl sites for hydroxylation is 1. The molecule has 3 heterocycles. The van der Waals surface area contributed by atoms with Gasteiger partial charge in [-0.05, 0) is 38.1 Å². The van der Waals surface area contributed by atoms with Gasteiger partial charge in [-0.25, -0.2) is 27.8 Å². The van der Waals surface area contributed by atoms with Crippen molar-refractivity contribution in [3.05, 3.63) is 57.9 Å². The molecule has 0 spiro atoms. The van der Waals surface area contributed by atoms with Gasteiger partial charge in [0.15, 0.2) is 10.5 Å². The molecular formula is C22H21ClFN7O4S. The van der Waals surface area contributed by atoms with Gasteiger partial charge in [0.1, 0.15) is 17.0 Å². The van der Waals surface area contributed by atoms with Gasteiger partial charge in [-0.3, -0.25) is 14.1 Å². The third kappa shape index (κ3) is 4.93. The molecular weight excluding hydrogens is 513 g/mol. The van der Waals surface area contributed by atoms with Crippen molar-refractivity contribution in [3.63, 3.8) is 0 Å². The molecule has 14 heteroatoms. The number of pyridine rings is 1. The zero-order chi connectivity index (χ0) is 26.2. The van der Waals surface area contributed by atoms with E-state index >= 15 is 0 Å². The Balaban J connectivity index is 1.78. The summed E-state index contributed by atoms with van der Waals surface area (Å²) in [6.07, 6.45) is 2.65. The lowest BCUT2D eigenvalue weighted by Gasteiger charge is -2.13. The summed E-state index contributed by atoms with van der Waals surface area (Å²) >= 11 is 5.90. The Labute approximate surface area is 210 Å². The monoisotopic (exact) mass is 533 g/mol. The number of nitrogens with zero attached hydrogens (tertiary/aromatic N) is 5. The molecule has 0 saturated carbocycles. The summed E-state index contributed by atoms with van der Waals surface area (Å²) in [5.74, 6) is -0.635. The van der Waals surface area contributed by atoms with Crippen LogP contribution in [0.1, 0.15) is 13.8 Å². The van der Waals surface area contributed by atoms with Crippen molar-refractivity contribution in [1.82, 2.24) is 24.5 Å². The molecule has 4 aromatic rings. The van der Waals surface area contributed by atoms with Crippen molar-refractivity contribution < 1.29 is 17.5 Å². The molecule has 0 fully saturated rings. The Morgan fingerprint density at radius 2 is 1.89 bits per heavy atom. The van der Waals surface area contributed by atoms with Crippen molar-refractivity contribution in [1.29, 1.82) is 0 Å². The average molecular weight is 534 g/mol. The van der Waals surface area contributed by atoms with E-state index in [4.69, 9.17) is 16.3 Å². The Morgan fingerprint density at radius 1 is 1.14 bits per heavy atom. The maximum Gasteiger partial charge on any atom is 0.278 e. The van der Waals surface area contributed by atoms with Crippen molar-refractivity contribution in [3.8, 4) is 17.1 Å². The lowest BCUT2D eigenvalue weighted by molar-refractivity contribution is 0.385. The van der Waals surface area contributed by atoms with Crippen LogP contribution in [0.2, 0.25) is 5.02 Å². The molecule has 3 aromatic heterocycles. The van der Waals surface area contributed by atoms with Crippen LogP contribution in [0.3, 0.4) is 0 Å². The number of anilines is 2. The Bertz CT molecular complexity index is 1640. The van der Waals surface area contributed by atoms with Gasteiger partial charge in [-0.15, -0.1) is 0 Å². The zero-order valence-corrected chi connectivity index (χ0v) is 21.1. The molecule has 0 aliphatic heterocycles. The summed E-state index contributed by atoms with van der Waals surface area (Å²) < 4.78 is 49.4. The molecule has 2 N–H and O–H groups in total. The van der Waals surface area contributed by atoms with Crippen LogP contribution in [0, 0.1) is 5.82 Å². The third-order valence-corrected chi connectivity index (χ3v) is 6.55. The van der Waals surface area contributed by atoms with E-state index in [1.54, 1.807) is 0 Å². The number of aromatic nitrogens is 5. The Kier molecular flexibility index (Phi) is 6.78. The van der Waals surface area contributed by atoms with Crippen LogP contribution in [0.15, 0.2) is 46.3 Å². The first-order valence-corrected chi connectivity index (χ1v) is 12.4. The molecule has 0 aliphatic rings. The second-order valence-corrected chi connectivity index (χ2v) is 10.1. The van der Waals surface area contributed by atoms with Crippen molar-refractivity contribution in [2.24, 2.45) is 7.05 Å². The number of benzene rings is 1. The van der Waals surface area contributed by atoms with E-state index < -0.39 is 21.4 Å². The predicted molar refractivity (Wildman–Crippen MR) is 133 cm³/mol. The lowest BCUT2D eigenvalue weighted by atomic mass is 10.1. The number of halogens is 2. The summed E-state index contributed by atoms with van der Waals surface area (Å²) in [6.45, 7) is 3.83. The van der Waals surface area contributed by atoms with Gasteiger partial charge in [0.2, 0.25) is 11.8 Å². The van der Waals surface area contributed by atoms with E-state index in [0.717, 1.165) is 6.07 Å². The topological polar surface area (TPSA) is 141 Å². The standard InChI is InChI=1S/C22H21ClFN7O4S/c1-11(2)27-22-26-10-16-19(29-22)31(3)21(32)18(28-16)14-8-13(5-6-15(14)24)30-36(33,34)17-7-12(23)9-25-20(17)35-4/h5-11,30H,1-4H3,(H,26,27,29). The van der Waals surface area contributed by atoms with E-state index in [1.165, 1.54) is 49.3 Å². The minimum Gasteiger partial charge on any atom is -0.480 e. The first kappa shape index (κ1) is 25.3. The van der Waals surface area contributed by atoms with E-state index in [0.29, 0.717) is 5.95 Å².